The van der Waals surface area contributed by atoms with Crippen LogP contribution in [0.2, 0.25) is 0 Å². The van der Waals surface area contributed by atoms with Crippen LogP contribution >= 0.6 is 0 Å². The van der Waals surface area contributed by atoms with E-state index in [1.807, 2.05) is 24.3 Å². The number of halogens is 1. The molecule has 4 nitrogen and oxygen atoms in total. The maximum absolute atomic E-state index is 12.9. The molecule has 0 aliphatic carbocycles. The van der Waals surface area contributed by atoms with Gasteiger partial charge < -0.3 is 14.8 Å². The maximum Gasteiger partial charge on any atom is 0.257 e. The van der Waals surface area contributed by atoms with E-state index in [1.165, 1.54) is 18.2 Å². The van der Waals surface area contributed by atoms with Crippen molar-refractivity contribution >= 4 is 5.91 Å². The third-order valence-corrected chi connectivity index (χ3v) is 3.06. The van der Waals surface area contributed by atoms with Gasteiger partial charge in [-0.05, 0) is 36.2 Å². The molecule has 0 heterocycles. The Kier molecular flexibility index (Phi) is 5.77. The van der Waals surface area contributed by atoms with Gasteiger partial charge in [0.1, 0.15) is 17.3 Å². The number of amides is 1. The number of benzene rings is 2. The fourth-order valence-corrected chi connectivity index (χ4v) is 1.90. The van der Waals surface area contributed by atoms with Crippen LogP contribution in [0.25, 0.3) is 0 Å². The Hall–Kier alpha value is -2.56. The SMILES string of the molecule is COc1ccc(CCNC(=O)COc2cccc(F)c2)cc1. The van der Waals surface area contributed by atoms with Gasteiger partial charge in [0.05, 0.1) is 7.11 Å². The third-order valence-electron chi connectivity index (χ3n) is 3.06. The van der Waals surface area contributed by atoms with Gasteiger partial charge in [-0.2, -0.15) is 0 Å². The fraction of sp³-hybridized carbons (Fsp3) is 0.235. The quantitative estimate of drug-likeness (QED) is 0.855. The molecule has 0 aliphatic heterocycles. The highest BCUT2D eigenvalue weighted by Crippen LogP contribution is 2.12. The third kappa shape index (κ3) is 5.09. The lowest BCUT2D eigenvalue weighted by Gasteiger charge is -2.08. The molecule has 2 rings (SSSR count). The zero-order valence-electron chi connectivity index (χ0n) is 12.3. The lowest BCUT2D eigenvalue weighted by atomic mass is 10.1. The van der Waals surface area contributed by atoms with E-state index in [2.05, 4.69) is 5.32 Å². The molecule has 1 amide bonds. The van der Waals surface area contributed by atoms with Crippen molar-refractivity contribution < 1.29 is 18.7 Å². The summed E-state index contributed by atoms with van der Waals surface area (Å²) in [6.07, 6.45) is 0.718. The predicted molar refractivity (Wildman–Crippen MR) is 81.6 cm³/mol. The van der Waals surface area contributed by atoms with Crippen molar-refractivity contribution in [2.45, 2.75) is 6.42 Å². The molecule has 0 atom stereocenters. The van der Waals surface area contributed by atoms with Gasteiger partial charge in [-0.1, -0.05) is 18.2 Å². The monoisotopic (exact) mass is 303 g/mol. The largest absolute Gasteiger partial charge is 0.497 e. The molecule has 0 aromatic heterocycles. The molecule has 0 aliphatic rings. The molecule has 1 N–H and O–H groups in total. The first-order chi connectivity index (χ1) is 10.7. The summed E-state index contributed by atoms with van der Waals surface area (Å²) in [4.78, 5) is 11.6. The van der Waals surface area contributed by atoms with Crippen LogP contribution in [0.15, 0.2) is 48.5 Å². The highest BCUT2D eigenvalue weighted by atomic mass is 19.1. The number of rotatable bonds is 7. The summed E-state index contributed by atoms with van der Waals surface area (Å²) in [7, 11) is 1.62. The molecule has 0 spiro atoms. The molecule has 0 bridgehead atoms. The lowest BCUT2D eigenvalue weighted by Crippen LogP contribution is -2.30. The van der Waals surface area contributed by atoms with Crippen molar-refractivity contribution in [3.63, 3.8) is 0 Å². The van der Waals surface area contributed by atoms with Crippen LogP contribution in [0.1, 0.15) is 5.56 Å². The Morgan fingerprint density at radius 2 is 1.91 bits per heavy atom. The molecule has 0 unspecified atom stereocenters. The Morgan fingerprint density at radius 1 is 1.14 bits per heavy atom. The fourth-order valence-electron chi connectivity index (χ4n) is 1.90. The van der Waals surface area contributed by atoms with Gasteiger partial charge in [-0.15, -0.1) is 0 Å². The molecule has 5 heteroatoms. The minimum absolute atomic E-state index is 0.133. The molecule has 116 valence electrons. The van der Waals surface area contributed by atoms with Crippen molar-refractivity contribution in [3.8, 4) is 11.5 Å². The van der Waals surface area contributed by atoms with Crippen molar-refractivity contribution in [3.05, 3.63) is 59.9 Å². The molecule has 2 aromatic carbocycles. The highest BCUT2D eigenvalue weighted by molar-refractivity contribution is 5.77. The standard InChI is InChI=1S/C17H18FNO3/c1-21-15-7-5-13(6-8-15)9-10-19-17(20)12-22-16-4-2-3-14(18)11-16/h2-8,11H,9-10,12H2,1H3,(H,19,20). The zero-order chi connectivity index (χ0) is 15.8. The maximum atomic E-state index is 12.9. The number of carbonyl (C=O) groups excluding carboxylic acids is 1. The first-order valence-electron chi connectivity index (χ1n) is 6.95. The van der Waals surface area contributed by atoms with Crippen LogP contribution in [0.3, 0.4) is 0 Å². The predicted octanol–water partition coefficient (Wildman–Crippen LogP) is 2.57. The van der Waals surface area contributed by atoms with Gasteiger partial charge >= 0.3 is 0 Å². The summed E-state index contributed by atoms with van der Waals surface area (Å²) >= 11 is 0. The number of nitrogens with one attached hydrogen (secondary N) is 1. The summed E-state index contributed by atoms with van der Waals surface area (Å²) < 4.78 is 23.2. The smallest absolute Gasteiger partial charge is 0.257 e. The van der Waals surface area contributed by atoms with Gasteiger partial charge in [-0.3, -0.25) is 4.79 Å². The Bertz CT molecular complexity index is 614. The van der Waals surface area contributed by atoms with E-state index in [9.17, 15) is 9.18 Å². The second-order valence-corrected chi connectivity index (χ2v) is 4.69. The second-order valence-electron chi connectivity index (χ2n) is 4.69. The number of ether oxygens (including phenoxy) is 2. The first kappa shape index (κ1) is 15.8. The normalized spacial score (nSPS) is 10.1. The molecular formula is C17H18FNO3. The van der Waals surface area contributed by atoms with Crippen molar-refractivity contribution in [1.29, 1.82) is 0 Å². The number of methoxy groups -OCH3 is 1. The molecule has 0 saturated heterocycles. The van der Waals surface area contributed by atoms with Crippen LogP contribution in [0, 0.1) is 5.82 Å². The number of hydrogen-bond acceptors (Lipinski definition) is 3. The van der Waals surface area contributed by atoms with Crippen molar-refractivity contribution in [2.24, 2.45) is 0 Å². The average molecular weight is 303 g/mol. The summed E-state index contributed by atoms with van der Waals surface area (Å²) in [6.45, 7) is 0.379. The van der Waals surface area contributed by atoms with Crippen molar-refractivity contribution in [1.82, 2.24) is 5.32 Å². The summed E-state index contributed by atoms with van der Waals surface area (Å²) in [5.41, 5.74) is 1.10. The van der Waals surface area contributed by atoms with Crippen LogP contribution in [0.4, 0.5) is 4.39 Å². The molecular weight excluding hydrogens is 285 g/mol. The minimum Gasteiger partial charge on any atom is -0.497 e. The van der Waals surface area contributed by atoms with Gasteiger partial charge in [0.15, 0.2) is 6.61 Å². The van der Waals surface area contributed by atoms with E-state index >= 15 is 0 Å². The number of hydrogen-bond donors (Lipinski definition) is 1. The molecule has 0 fully saturated rings. The topological polar surface area (TPSA) is 47.6 Å². The van der Waals surface area contributed by atoms with E-state index in [-0.39, 0.29) is 12.5 Å². The summed E-state index contributed by atoms with van der Waals surface area (Å²) in [6, 6.07) is 13.4. The van der Waals surface area contributed by atoms with Gasteiger partial charge in [0.2, 0.25) is 0 Å². The summed E-state index contributed by atoms with van der Waals surface area (Å²) in [5.74, 6) is 0.511. The Balaban J connectivity index is 1.69. The van der Waals surface area contributed by atoms with E-state index in [1.54, 1.807) is 13.2 Å². The van der Waals surface area contributed by atoms with Crippen LogP contribution in [-0.4, -0.2) is 26.2 Å². The van der Waals surface area contributed by atoms with E-state index in [0.29, 0.717) is 12.3 Å². The van der Waals surface area contributed by atoms with Crippen LogP contribution in [-0.2, 0) is 11.2 Å². The van der Waals surface area contributed by atoms with E-state index < -0.39 is 5.82 Å². The second kappa shape index (κ2) is 8.02. The first-order valence-corrected chi connectivity index (χ1v) is 6.95. The lowest BCUT2D eigenvalue weighted by molar-refractivity contribution is -0.123. The molecule has 0 saturated carbocycles. The number of carbonyl (C=O) groups is 1. The van der Waals surface area contributed by atoms with E-state index in [0.717, 1.165) is 17.7 Å². The van der Waals surface area contributed by atoms with E-state index in [4.69, 9.17) is 9.47 Å². The zero-order valence-corrected chi connectivity index (χ0v) is 12.3. The Morgan fingerprint density at radius 3 is 2.59 bits per heavy atom. The minimum atomic E-state index is -0.391. The van der Waals surface area contributed by atoms with Gasteiger partial charge in [0, 0.05) is 12.6 Å². The molecule has 22 heavy (non-hydrogen) atoms. The highest BCUT2D eigenvalue weighted by Gasteiger charge is 2.03. The van der Waals surface area contributed by atoms with Crippen molar-refractivity contribution in [2.75, 3.05) is 20.3 Å². The Labute approximate surface area is 128 Å². The van der Waals surface area contributed by atoms with Gasteiger partial charge in [0.25, 0.3) is 5.91 Å². The average Bonchev–Trinajstić information content (AvgIpc) is 2.54. The molecule has 0 radical (unpaired) electrons. The molecule has 2 aromatic rings. The summed E-state index contributed by atoms with van der Waals surface area (Å²) in [5, 5.41) is 2.76. The van der Waals surface area contributed by atoms with Crippen LogP contribution < -0.4 is 14.8 Å². The van der Waals surface area contributed by atoms with Crippen LogP contribution in [0.5, 0.6) is 11.5 Å². The van der Waals surface area contributed by atoms with Gasteiger partial charge in [-0.25, -0.2) is 4.39 Å².